The number of aryl methyl sites for hydroxylation is 1. The molecule has 0 fully saturated rings. The average Bonchev–Trinajstić information content (AvgIpc) is 2.19. The molecule has 3 nitrogen and oxygen atoms in total. The van der Waals surface area contributed by atoms with Gasteiger partial charge in [0.15, 0.2) is 0 Å². The summed E-state index contributed by atoms with van der Waals surface area (Å²) < 4.78 is 0. The molecule has 1 aromatic carbocycles. The van der Waals surface area contributed by atoms with Crippen molar-refractivity contribution in [1.29, 1.82) is 0 Å². The number of amides is 1. The Bertz CT molecular complexity index is 394. The molecule has 0 aliphatic carbocycles. The second-order valence-electron chi connectivity index (χ2n) is 3.49. The molecule has 1 aromatic rings. The maximum absolute atomic E-state index is 10.6. The van der Waals surface area contributed by atoms with Gasteiger partial charge in [-0.05, 0) is 24.6 Å². The van der Waals surface area contributed by atoms with Crippen molar-refractivity contribution >= 4 is 34.8 Å². The number of hydrogen-bond donors (Lipinski definition) is 2. The number of carbonyl (C=O) groups excluding carboxylic acids is 1. The summed E-state index contributed by atoms with van der Waals surface area (Å²) in [5.41, 5.74) is 1.72. The minimum Gasteiger partial charge on any atom is -0.382 e. The van der Waals surface area contributed by atoms with Crippen LogP contribution in [0.2, 0.25) is 10.0 Å². The molecule has 1 rings (SSSR count). The second-order valence-corrected chi connectivity index (χ2v) is 4.31. The molecule has 0 aromatic heterocycles. The van der Waals surface area contributed by atoms with Crippen molar-refractivity contribution in [3.8, 4) is 0 Å². The van der Waals surface area contributed by atoms with Crippen LogP contribution < -0.4 is 10.6 Å². The van der Waals surface area contributed by atoms with Crippen molar-refractivity contribution in [3.05, 3.63) is 27.7 Å². The van der Waals surface area contributed by atoms with Crippen molar-refractivity contribution in [3.63, 3.8) is 0 Å². The van der Waals surface area contributed by atoms with E-state index in [1.807, 2.05) is 13.0 Å². The predicted molar refractivity (Wildman–Crippen MR) is 68.4 cm³/mol. The van der Waals surface area contributed by atoms with E-state index in [0.29, 0.717) is 23.1 Å². The SMILES string of the molecule is CC(=O)NCCNc1cc(Cl)c(C)cc1Cl. The first-order chi connectivity index (χ1) is 7.50. The molecule has 0 aliphatic heterocycles. The zero-order valence-corrected chi connectivity index (χ0v) is 10.7. The maximum atomic E-state index is 10.6. The van der Waals surface area contributed by atoms with E-state index in [1.165, 1.54) is 6.92 Å². The lowest BCUT2D eigenvalue weighted by Gasteiger charge is -2.10. The summed E-state index contributed by atoms with van der Waals surface area (Å²) in [6.07, 6.45) is 0. The Morgan fingerprint density at radius 1 is 1.25 bits per heavy atom. The van der Waals surface area contributed by atoms with Crippen molar-refractivity contribution in [2.45, 2.75) is 13.8 Å². The fourth-order valence-corrected chi connectivity index (χ4v) is 1.67. The van der Waals surface area contributed by atoms with E-state index < -0.39 is 0 Å². The highest BCUT2D eigenvalue weighted by molar-refractivity contribution is 6.35. The lowest BCUT2D eigenvalue weighted by atomic mass is 10.2. The Balaban J connectivity index is 2.54. The number of anilines is 1. The topological polar surface area (TPSA) is 41.1 Å². The first-order valence-electron chi connectivity index (χ1n) is 4.94. The van der Waals surface area contributed by atoms with Crippen LogP contribution in [0.5, 0.6) is 0 Å². The maximum Gasteiger partial charge on any atom is 0.216 e. The van der Waals surface area contributed by atoms with Crippen molar-refractivity contribution in [2.75, 3.05) is 18.4 Å². The van der Waals surface area contributed by atoms with Crippen LogP contribution in [-0.2, 0) is 4.79 Å². The number of halogens is 2. The minimum absolute atomic E-state index is 0.0464. The van der Waals surface area contributed by atoms with E-state index in [1.54, 1.807) is 6.07 Å². The van der Waals surface area contributed by atoms with Crippen molar-refractivity contribution in [1.82, 2.24) is 5.32 Å². The summed E-state index contributed by atoms with van der Waals surface area (Å²) in [6.45, 7) is 4.54. The average molecular weight is 261 g/mol. The first kappa shape index (κ1) is 13.1. The van der Waals surface area contributed by atoms with Gasteiger partial charge in [0.25, 0.3) is 0 Å². The van der Waals surface area contributed by atoms with E-state index in [9.17, 15) is 4.79 Å². The Morgan fingerprint density at radius 3 is 2.56 bits per heavy atom. The van der Waals surface area contributed by atoms with Crippen LogP contribution in [-0.4, -0.2) is 19.0 Å². The van der Waals surface area contributed by atoms with Crippen LogP contribution in [0.3, 0.4) is 0 Å². The Kier molecular flexibility index (Phi) is 4.90. The van der Waals surface area contributed by atoms with Crippen LogP contribution >= 0.6 is 23.2 Å². The summed E-state index contributed by atoms with van der Waals surface area (Å²) in [5, 5.41) is 7.09. The molecule has 0 bridgehead atoms. The molecule has 0 heterocycles. The van der Waals surface area contributed by atoms with Crippen molar-refractivity contribution in [2.24, 2.45) is 0 Å². The number of hydrogen-bond acceptors (Lipinski definition) is 2. The lowest BCUT2D eigenvalue weighted by molar-refractivity contribution is -0.118. The fraction of sp³-hybridized carbons (Fsp3) is 0.364. The number of nitrogens with one attached hydrogen (secondary N) is 2. The third-order valence-corrected chi connectivity index (χ3v) is 2.78. The Morgan fingerprint density at radius 2 is 1.94 bits per heavy atom. The molecule has 16 heavy (non-hydrogen) atoms. The van der Waals surface area contributed by atoms with Crippen LogP contribution in [0.1, 0.15) is 12.5 Å². The first-order valence-corrected chi connectivity index (χ1v) is 5.70. The van der Waals surface area contributed by atoms with Gasteiger partial charge in [-0.2, -0.15) is 0 Å². The second kappa shape index (κ2) is 5.97. The molecule has 88 valence electrons. The highest BCUT2D eigenvalue weighted by Crippen LogP contribution is 2.28. The smallest absolute Gasteiger partial charge is 0.216 e. The minimum atomic E-state index is -0.0464. The largest absolute Gasteiger partial charge is 0.382 e. The van der Waals surface area contributed by atoms with Gasteiger partial charge in [-0.3, -0.25) is 4.79 Å². The Labute approximate surface area is 105 Å². The predicted octanol–water partition coefficient (Wildman–Crippen LogP) is 2.85. The highest BCUT2D eigenvalue weighted by Gasteiger charge is 2.03. The van der Waals surface area contributed by atoms with Gasteiger partial charge < -0.3 is 10.6 Å². The lowest BCUT2D eigenvalue weighted by Crippen LogP contribution is -2.26. The number of benzene rings is 1. The zero-order valence-electron chi connectivity index (χ0n) is 9.23. The molecule has 0 saturated carbocycles. The molecule has 0 radical (unpaired) electrons. The normalized spacial score (nSPS) is 10.0. The van der Waals surface area contributed by atoms with Gasteiger partial charge >= 0.3 is 0 Å². The van der Waals surface area contributed by atoms with Gasteiger partial charge in [0.1, 0.15) is 0 Å². The highest BCUT2D eigenvalue weighted by atomic mass is 35.5. The van der Waals surface area contributed by atoms with Gasteiger partial charge in [0, 0.05) is 25.0 Å². The van der Waals surface area contributed by atoms with Gasteiger partial charge in [-0.1, -0.05) is 23.2 Å². The quantitative estimate of drug-likeness (QED) is 0.818. The molecule has 1 amide bonds. The van der Waals surface area contributed by atoms with E-state index in [0.717, 1.165) is 11.3 Å². The third-order valence-electron chi connectivity index (χ3n) is 2.06. The molecule has 0 saturated heterocycles. The molecular weight excluding hydrogens is 247 g/mol. The van der Waals surface area contributed by atoms with Gasteiger partial charge in [-0.15, -0.1) is 0 Å². The molecule has 0 atom stereocenters. The molecule has 0 aliphatic rings. The van der Waals surface area contributed by atoms with Gasteiger partial charge in [-0.25, -0.2) is 0 Å². The summed E-state index contributed by atoms with van der Waals surface area (Å²) in [5.74, 6) is -0.0464. The summed E-state index contributed by atoms with van der Waals surface area (Å²) in [7, 11) is 0. The molecule has 0 unspecified atom stereocenters. The summed E-state index contributed by atoms with van der Waals surface area (Å²) in [6, 6.07) is 3.59. The molecular formula is C11H14Cl2N2O. The molecule has 5 heteroatoms. The van der Waals surface area contributed by atoms with E-state index in [2.05, 4.69) is 10.6 Å². The van der Waals surface area contributed by atoms with Gasteiger partial charge in [0.05, 0.1) is 10.7 Å². The zero-order chi connectivity index (χ0) is 12.1. The van der Waals surface area contributed by atoms with Crippen LogP contribution in [0.4, 0.5) is 5.69 Å². The third kappa shape index (κ3) is 3.91. The van der Waals surface area contributed by atoms with E-state index in [-0.39, 0.29) is 5.91 Å². The monoisotopic (exact) mass is 260 g/mol. The van der Waals surface area contributed by atoms with Crippen LogP contribution in [0.15, 0.2) is 12.1 Å². The number of carbonyl (C=O) groups is 1. The summed E-state index contributed by atoms with van der Waals surface area (Å²) >= 11 is 12.0. The van der Waals surface area contributed by atoms with E-state index in [4.69, 9.17) is 23.2 Å². The van der Waals surface area contributed by atoms with Crippen LogP contribution in [0, 0.1) is 6.92 Å². The molecule has 0 spiro atoms. The van der Waals surface area contributed by atoms with Gasteiger partial charge in [0.2, 0.25) is 5.91 Å². The standard InChI is InChI=1S/C11H14Cl2N2O/c1-7-5-10(13)11(6-9(7)12)15-4-3-14-8(2)16/h5-6,15H,3-4H2,1-2H3,(H,14,16). The van der Waals surface area contributed by atoms with E-state index >= 15 is 0 Å². The molecule has 2 N–H and O–H groups in total. The van der Waals surface area contributed by atoms with Crippen LogP contribution in [0.25, 0.3) is 0 Å². The Hall–Kier alpha value is -0.930. The van der Waals surface area contributed by atoms with Crippen molar-refractivity contribution < 1.29 is 4.79 Å². The fourth-order valence-electron chi connectivity index (χ4n) is 1.22. The number of rotatable bonds is 4. The summed E-state index contributed by atoms with van der Waals surface area (Å²) in [4.78, 5) is 10.6.